The number of hydrogen-bond acceptors (Lipinski definition) is 5. The van der Waals surface area contributed by atoms with E-state index in [9.17, 15) is 9.59 Å². The van der Waals surface area contributed by atoms with Crippen molar-refractivity contribution in [1.82, 2.24) is 10.6 Å². The molecule has 0 saturated carbocycles. The molecule has 0 aliphatic carbocycles. The minimum Gasteiger partial charge on any atom is -0.480 e. The molecule has 0 aliphatic heterocycles. The number of aliphatic carboxylic acids is 1. The summed E-state index contributed by atoms with van der Waals surface area (Å²) in [5.41, 5.74) is 13.3. The number of hydrogen-bond donors (Lipinski definition) is 4. The van der Waals surface area contributed by atoms with Crippen LogP contribution in [0.5, 0.6) is 0 Å². The summed E-state index contributed by atoms with van der Waals surface area (Å²) in [4.78, 5) is 24.1. The van der Waals surface area contributed by atoms with Crippen LogP contribution >= 0.6 is 11.8 Å². The van der Waals surface area contributed by atoms with Crippen molar-refractivity contribution in [2.45, 2.75) is 6.04 Å². The molecule has 0 radical (unpaired) electrons. The number of rotatable bonds is 9. The standard InChI is InChI=1S/C8H16N6O3S/c9-6(7(15)16)5-18-4-3-12-8(17)11-1-2-13-14-10/h6H,1-5,9H2,(H,15,16)(H2,11,12,17)/t6-/m1/s1. The smallest absolute Gasteiger partial charge is 0.321 e. The fourth-order valence-electron chi connectivity index (χ4n) is 0.845. The van der Waals surface area contributed by atoms with E-state index in [0.717, 1.165) is 0 Å². The van der Waals surface area contributed by atoms with Gasteiger partial charge in [-0.3, -0.25) is 4.79 Å². The van der Waals surface area contributed by atoms with Gasteiger partial charge in [-0.1, -0.05) is 5.11 Å². The van der Waals surface area contributed by atoms with Crippen LogP contribution in [-0.2, 0) is 4.79 Å². The van der Waals surface area contributed by atoms with E-state index in [1.165, 1.54) is 11.8 Å². The average molecular weight is 276 g/mol. The van der Waals surface area contributed by atoms with E-state index in [1.807, 2.05) is 0 Å². The topological polar surface area (TPSA) is 153 Å². The van der Waals surface area contributed by atoms with Crippen LogP contribution in [0.3, 0.4) is 0 Å². The monoisotopic (exact) mass is 276 g/mol. The van der Waals surface area contributed by atoms with Crippen molar-refractivity contribution in [2.24, 2.45) is 10.8 Å². The number of nitrogens with one attached hydrogen (secondary N) is 2. The Hall–Kier alpha value is -1.64. The number of thioether (sulfide) groups is 1. The van der Waals surface area contributed by atoms with Crippen LogP contribution in [0, 0.1) is 0 Å². The molecular weight excluding hydrogens is 260 g/mol. The van der Waals surface area contributed by atoms with Gasteiger partial charge in [0.1, 0.15) is 6.04 Å². The highest BCUT2D eigenvalue weighted by atomic mass is 32.2. The molecule has 0 fully saturated rings. The second-order valence-corrected chi connectivity index (χ2v) is 4.31. The summed E-state index contributed by atoms with van der Waals surface area (Å²) in [7, 11) is 0. The fraction of sp³-hybridized carbons (Fsp3) is 0.750. The zero-order valence-electron chi connectivity index (χ0n) is 9.70. The maximum Gasteiger partial charge on any atom is 0.321 e. The molecule has 0 rings (SSSR count). The number of azide groups is 1. The van der Waals surface area contributed by atoms with E-state index < -0.39 is 12.0 Å². The van der Waals surface area contributed by atoms with Gasteiger partial charge in [-0.05, 0) is 5.53 Å². The van der Waals surface area contributed by atoms with Crippen LogP contribution in [0.2, 0.25) is 0 Å². The first-order valence-electron chi connectivity index (χ1n) is 5.16. The largest absolute Gasteiger partial charge is 0.480 e. The second kappa shape index (κ2) is 10.5. The number of amides is 2. The highest BCUT2D eigenvalue weighted by molar-refractivity contribution is 7.99. The minimum absolute atomic E-state index is 0.201. The quantitative estimate of drug-likeness (QED) is 0.198. The predicted octanol–water partition coefficient (Wildman–Crippen LogP) is -0.259. The van der Waals surface area contributed by atoms with Gasteiger partial charge in [-0.25, -0.2) is 4.79 Å². The molecule has 0 spiro atoms. The molecule has 0 aromatic rings. The van der Waals surface area contributed by atoms with Gasteiger partial charge in [-0.15, -0.1) is 0 Å². The highest BCUT2D eigenvalue weighted by Gasteiger charge is 2.10. The fourth-order valence-corrected chi connectivity index (χ4v) is 1.65. The summed E-state index contributed by atoms with van der Waals surface area (Å²) < 4.78 is 0. The van der Waals surface area contributed by atoms with Crippen LogP contribution in [0.4, 0.5) is 4.79 Å². The molecule has 2 amide bonds. The lowest BCUT2D eigenvalue weighted by Gasteiger charge is -2.07. The molecule has 1 atom stereocenters. The van der Waals surface area contributed by atoms with Gasteiger partial charge in [0, 0.05) is 36.1 Å². The lowest BCUT2D eigenvalue weighted by atomic mass is 10.4. The van der Waals surface area contributed by atoms with E-state index in [2.05, 4.69) is 20.7 Å². The Labute approximate surface area is 108 Å². The molecule has 0 unspecified atom stereocenters. The Kier molecular flexibility index (Phi) is 9.55. The normalized spacial score (nSPS) is 11.2. The molecule has 0 aromatic heterocycles. The molecule has 10 heteroatoms. The van der Waals surface area contributed by atoms with Gasteiger partial charge in [0.2, 0.25) is 0 Å². The van der Waals surface area contributed by atoms with Gasteiger partial charge in [0.05, 0.1) is 0 Å². The number of carbonyl (C=O) groups is 2. The Bertz CT molecular complexity index is 320. The molecule has 0 aliphatic rings. The molecular formula is C8H16N6O3S. The van der Waals surface area contributed by atoms with Gasteiger partial charge in [0.15, 0.2) is 0 Å². The van der Waals surface area contributed by atoms with Crippen LogP contribution in [0.1, 0.15) is 0 Å². The third-order valence-corrected chi connectivity index (χ3v) is 2.79. The van der Waals surface area contributed by atoms with Crippen molar-refractivity contribution in [3.63, 3.8) is 0 Å². The number of nitrogens with two attached hydrogens (primary N) is 1. The van der Waals surface area contributed by atoms with Crippen molar-refractivity contribution in [1.29, 1.82) is 0 Å². The van der Waals surface area contributed by atoms with Gasteiger partial charge < -0.3 is 21.5 Å². The summed E-state index contributed by atoms with van der Waals surface area (Å²) in [6.07, 6.45) is 0. The summed E-state index contributed by atoms with van der Waals surface area (Å²) in [5.74, 6) is -0.161. The Morgan fingerprint density at radius 3 is 2.72 bits per heavy atom. The summed E-state index contributed by atoms with van der Waals surface area (Å²) >= 11 is 1.35. The van der Waals surface area contributed by atoms with Gasteiger partial charge >= 0.3 is 12.0 Å². The Balaban J connectivity index is 3.40. The lowest BCUT2D eigenvalue weighted by molar-refractivity contribution is -0.137. The van der Waals surface area contributed by atoms with Crippen LogP contribution < -0.4 is 16.4 Å². The summed E-state index contributed by atoms with van der Waals surface area (Å²) in [6, 6.07) is -1.24. The van der Waals surface area contributed by atoms with Crippen molar-refractivity contribution >= 4 is 23.8 Å². The molecule has 102 valence electrons. The summed E-state index contributed by atoms with van der Waals surface area (Å²) in [5, 5.41) is 16.8. The first kappa shape index (κ1) is 16.4. The Morgan fingerprint density at radius 2 is 2.11 bits per heavy atom. The molecule has 18 heavy (non-hydrogen) atoms. The van der Waals surface area contributed by atoms with Crippen LogP contribution in [0.25, 0.3) is 10.4 Å². The average Bonchev–Trinajstić information content (AvgIpc) is 2.33. The van der Waals surface area contributed by atoms with Gasteiger partial charge in [0.25, 0.3) is 0 Å². The first-order chi connectivity index (χ1) is 8.57. The van der Waals surface area contributed by atoms with Crippen LogP contribution in [-0.4, -0.2) is 54.3 Å². The number of carbonyl (C=O) groups excluding carboxylic acids is 1. The second-order valence-electron chi connectivity index (χ2n) is 3.16. The third-order valence-electron chi connectivity index (χ3n) is 1.71. The molecule has 9 nitrogen and oxygen atoms in total. The first-order valence-corrected chi connectivity index (χ1v) is 6.32. The predicted molar refractivity (Wildman–Crippen MR) is 68.4 cm³/mol. The maximum absolute atomic E-state index is 11.1. The maximum atomic E-state index is 11.1. The molecule has 0 bridgehead atoms. The Morgan fingerprint density at radius 1 is 1.44 bits per heavy atom. The molecule has 5 N–H and O–H groups in total. The van der Waals surface area contributed by atoms with Crippen molar-refractivity contribution in [3.05, 3.63) is 10.4 Å². The van der Waals surface area contributed by atoms with E-state index in [1.54, 1.807) is 0 Å². The number of nitrogens with zero attached hydrogens (tertiary/aromatic N) is 3. The SMILES string of the molecule is [N-]=[N+]=NCCNC(=O)NCCSC[C@@H](N)C(=O)O. The van der Waals surface area contributed by atoms with E-state index in [0.29, 0.717) is 18.1 Å². The van der Waals surface area contributed by atoms with E-state index >= 15 is 0 Å². The lowest BCUT2D eigenvalue weighted by Crippen LogP contribution is -2.38. The van der Waals surface area contributed by atoms with Crippen LogP contribution in [0.15, 0.2) is 5.11 Å². The highest BCUT2D eigenvalue weighted by Crippen LogP contribution is 2.00. The summed E-state index contributed by atoms with van der Waals surface area (Å²) in [6.45, 7) is 0.878. The number of carboxylic acids is 1. The minimum atomic E-state index is -1.04. The third kappa shape index (κ3) is 9.58. The zero-order valence-corrected chi connectivity index (χ0v) is 10.5. The molecule has 0 heterocycles. The number of carboxylic acid groups (broad SMARTS) is 1. The van der Waals surface area contributed by atoms with Crippen molar-refractivity contribution < 1.29 is 14.7 Å². The zero-order chi connectivity index (χ0) is 13.8. The van der Waals surface area contributed by atoms with Gasteiger partial charge in [-0.2, -0.15) is 11.8 Å². The molecule has 0 saturated heterocycles. The van der Waals surface area contributed by atoms with Crippen molar-refractivity contribution in [2.75, 3.05) is 31.1 Å². The molecule has 0 aromatic carbocycles. The number of urea groups is 1. The van der Waals surface area contributed by atoms with E-state index in [-0.39, 0.29) is 19.1 Å². The van der Waals surface area contributed by atoms with E-state index in [4.69, 9.17) is 16.4 Å². The van der Waals surface area contributed by atoms with Crippen molar-refractivity contribution in [3.8, 4) is 0 Å².